The first-order chi connectivity index (χ1) is 8.15. The molecular formula is C12H18ClFN2O2. The maximum Gasteiger partial charge on any atom is 0.222 e. The van der Waals surface area contributed by atoms with E-state index in [1.807, 2.05) is 0 Å². The molecule has 0 aliphatic rings. The van der Waals surface area contributed by atoms with Gasteiger partial charge in [0.1, 0.15) is 5.82 Å². The normalized spacial score (nSPS) is 11.5. The van der Waals surface area contributed by atoms with E-state index in [4.69, 9.17) is 10.5 Å². The summed E-state index contributed by atoms with van der Waals surface area (Å²) in [7, 11) is 1.51. The van der Waals surface area contributed by atoms with Gasteiger partial charge in [-0.25, -0.2) is 4.39 Å². The zero-order valence-electron chi connectivity index (χ0n) is 10.2. The minimum Gasteiger partial charge on any atom is -0.380 e. The SMILES string of the molecule is COC(CN)CC(=O)NCc1cccc(F)c1.Cl. The fourth-order valence-corrected chi connectivity index (χ4v) is 1.39. The molecule has 0 saturated heterocycles. The zero-order valence-corrected chi connectivity index (χ0v) is 11.0. The Labute approximate surface area is 112 Å². The molecular weight excluding hydrogens is 259 g/mol. The van der Waals surface area contributed by atoms with Crippen LogP contribution in [0.5, 0.6) is 0 Å². The first-order valence-electron chi connectivity index (χ1n) is 5.39. The van der Waals surface area contributed by atoms with Crippen molar-refractivity contribution in [3.8, 4) is 0 Å². The Kier molecular flexibility index (Phi) is 8.28. The van der Waals surface area contributed by atoms with E-state index in [9.17, 15) is 9.18 Å². The van der Waals surface area contributed by atoms with Gasteiger partial charge in [-0.3, -0.25) is 4.79 Å². The van der Waals surface area contributed by atoms with E-state index in [1.165, 1.54) is 19.2 Å². The van der Waals surface area contributed by atoms with Crippen molar-refractivity contribution in [1.82, 2.24) is 5.32 Å². The van der Waals surface area contributed by atoms with Crippen LogP contribution in [0.4, 0.5) is 4.39 Å². The molecule has 0 fully saturated rings. The molecule has 0 radical (unpaired) electrons. The van der Waals surface area contributed by atoms with Crippen LogP contribution in [0, 0.1) is 5.82 Å². The fourth-order valence-electron chi connectivity index (χ4n) is 1.39. The summed E-state index contributed by atoms with van der Waals surface area (Å²) in [6.45, 7) is 0.599. The van der Waals surface area contributed by atoms with E-state index >= 15 is 0 Å². The van der Waals surface area contributed by atoms with Crippen molar-refractivity contribution in [3.63, 3.8) is 0 Å². The molecule has 0 spiro atoms. The van der Waals surface area contributed by atoms with Gasteiger partial charge in [0, 0.05) is 20.2 Å². The Morgan fingerprint density at radius 3 is 2.83 bits per heavy atom. The summed E-state index contributed by atoms with van der Waals surface area (Å²) in [6.07, 6.45) is -0.0648. The van der Waals surface area contributed by atoms with Crippen LogP contribution in [0.15, 0.2) is 24.3 Å². The Bertz CT molecular complexity index is 373. The predicted octanol–water partition coefficient (Wildman–Crippen LogP) is 1.23. The molecule has 0 aromatic heterocycles. The number of amides is 1. The van der Waals surface area contributed by atoms with Crippen molar-refractivity contribution in [2.45, 2.75) is 19.1 Å². The molecule has 0 saturated carbocycles. The minimum atomic E-state index is -0.312. The Hall–Kier alpha value is -1.17. The molecule has 4 nitrogen and oxygen atoms in total. The number of carbonyl (C=O) groups is 1. The van der Waals surface area contributed by atoms with Gasteiger partial charge >= 0.3 is 0 Å². The second-order valence-corrected chi connectivity index (χ2v) is 3.70. The number of hydrogen-bond acceptors (Lipinski definition) is 3. The van der Waals surface area contributed by atoms with Gasteiger partial charge < -0.3 is 15.8 Å². The Morgan fingerprint density at radius 2 is 2.28 bits per heavy atom. The van der Waals surface area contributed by atoms with Crippen LogP contribution in [-0.4, -0.2) is 25.7 Å². The van der Waals surface area contributed by atoms with Crippen molar-refractivity contribution in [3.05, 3.63) is 35.6 Å². The van der Waals surface area contributed by atoms with Crippen LogP contribution in [0.25, 0.3) is 0 Å². The van der Waals surface area contributed by atoms with E-state index in [-0.39, 0.29) is 36.7 Å². The molecule has 6 heteroatoms. The van der Waals surface area contributed by atoms with Gasteiger partial charge in [-0.1, -0.05) is 12.1 Å². The highest BCUT2D eigenvalue weighted by atomic mass is 35.5. The van der Waals surface area contributed by atoms with Gasteiger partial charge in [0.2, 0.25) is 5.91 Å². The zero-order chi connectivity index (χ0) is 12.7. The van der Waals surface area contributed by atoms with Gasteiger partial charge in [-0.05, 0) is 17.7 Å². The monoisotopic (exact) mass is 276 g/mol. The molecule has 1 aromatic rings. The largest absolute Gasteiger partial charge is 0.380 e. The third kappa shape index (κ3) is 5.95. The summed E-state index contributed by atoms with van der Waals surface area (Å²) in [5.41, 5.74) is 6.13. The van der Waals surface area contributed by atoms with E-state index in [1.54, 1.807) is 12.1 Å². The molecule has 1 aromatic carbocycles. The maximum absolute atomic E-state index is 12.9. The number of carbonyl (C=O) groups excluding carboxylic acids is 1. The van der Waals surface area contributed by atoms with Crippen LogP contribution in [0.1, 0.15) is 12.0 Å². The van der Waals surface area contributed by atoms with Crippen LogP contribution in [-0.2, 0) is 16.1 Å². The molecule has 0 aliphatic carbocycles. The van der Waals surface area contributed by atoms with E-state index in [0.717, 1.165) is 5.56 Å². The summed E-state index contributed by atoms with van der Waals surface area (Å²) in [6, 6.07) is 6.10. The quantitative estimate of drug-likeness (QED) is 0.821. The highest BCUT2D eigenvalue weighted by Crippen LogP contribution is 2.03. The number of nitrogens with two attached hydrogens (primary N) is 1. The van der Waals surface area contributed by atoms with Gasteiger partial charge in [0.25, 0.3) is 0 Å². The topological polar surface area (TPSA) is 64.3 Å². The van der Waals surface area contributed by atoms with Crippen molar-refractivity contribution in [2.24, 2.45) is 5.73 Å². The van der Waals surface area contributed by atoms with Gasteiger partial charge in [-0.2, -0.15) is 0 Å². The minimum absolute atomic E-state index is 0. The molecule has 0 bridgehead atoms. The summed E-state index contributed by atoms with van der Waals surface area (Å²) < 4.78 is 17.9. The summed E-state index contributed by atoms with van der Waals surface area (Å²) in [5.74, 6) is -0.472. The number of benzene rings is 1. The lowest BCUT2D eigenvalue weighted by Gasteiger charge is -2.12. The molecule has 0 heterocycles. The van der Waals surface area contributed by atoms with Crippen molar-refractivity contribution in [2.75, 3.05) is 13.7 Å². The molecule has 1 amide bonds. The van der Waals surface area contributed by atoms with Crippen molar-refractivity contribution in [1.29, 1.82) is 0 Å². The molecule has 1 unspecified atom stereocenters. The average molecular weight is 277 g/mol. The Balaban J connectivity index is 0.00000289. The third-order valence-electron chi connectivity index (χ3n) is 2.39. The summed E-state index contributed by atoms with van der Waals surface area (Å²) in [5, 5.41) is 2.68. The van der Waals surface area contributed by atoms with Crippen LogP contribution >= 0.6 is 12.4 Å². The van der Waals surface area contributed by atoms with Crippen molar-refractivity contribution < 1.29 is 13.9 Å². The average Bonchev–Trinajstić information content (AvgIpc) is 2.33. The van der Waals surface area contributed by atoms with Gasteiger partial charge in [0.15, 0.2) is 0 Å². The molecule has 102 valence electrons. The van der Waals surface area contributed by atoms with E-state index in [2.05, 4.69) is 5.32 Å². The number of methoxy groups -OCH3 is 1. The lowest BCUT2D eigenvalue weighted by molar-refractivity contribution is -0.123. The van der Waals surface area contributed by atoms with Gasteiger partial charge in [0.05, 0.1) is 12.5 Å². The lowest BCUT2D eigenvalue weighted by Crippen LogP contribution is -2.31. The molecule has 3 N–H and O–H groups in total. The maximum atomic E-state index is 12.9. The van der Waals surface area contributed by atoms with Crippen LogP contribution in [0.3, 0.4) is 0 Å². The highest BCUT2D eigenvalue weighted by Gasteiger charge is 2.10. The molecule has 1 atom stereocenters. The number of halogens is 2. The second kappa shape index (κ2) is 8.85. The van der Waals surface area contributed by atoms with Crippen molar-refractivity contribution >= 4 is 18.3 Å². The van der Waals surface area contributed by atoms with Crippen LogP contribution < -0.4 is 11.1 Å². The number of rotatable bonds is 6. The lowest BCUT2D eigenvalue weighted by atomic mass is 10.2. The fraction of sp³-hybridized carbons (Fsp3) is 0.417. The number of ether oxygens (including phenoxy) is 1. The Morgan fingerprint density at radius 1 is 1.56 bits per heavy atom. The summed E-state index contributed by atoms with van der Waals surface area (Å²) in [4.78, 5) is 11.5. The molecule has 18 heavy (non-hydrogen) atoms. The highest BCUT2D eigenvalue weighted by molar-refractivity contribution is 5.85. The standard InChI is InChI=1S/C12H17FN2O2.ClH/c1-17-11(7-14)6-12(16)15-8-9-3-2-4-10(13)5-9;/h2-5,11H,6-8,14H2,1H3,(H,15,16);1H. The second-order valence-electron chi connectivity index (χ2n) is 3.70. The first-order valence-corrected chi connectivity index (χ1v) is 5.39. The molecule has 1 rings (SSSR count). The number of hydrogen-bond donors (Lipinski definition) is 2. The summed E-state index contributed by atoms with van der Waals surface area (Å²) >= 11 is 0. The first kappa shape index (κ1) is 16.8. The van der Waals surface area contributed by atoms with Gasteiger partial charge in [-0.15, -0.1) is 12.4 Å². The number of nitrogens with one attached hydrogen (secondary N) is 1. The van der Waals surface area contributed by atoms with E-state index < -0.39 is 0 Å². The molecule has 0 aliphatic heterocycles. The predicted molar refractivity (Wildman–Crippen MR) is 70.0 cm³/mol. The smallest absolute Gasteiger partial charge is 0.222 e. The van der Waals surface area contributed by atoms with Crippen LogP contribution in [0.2, 0.25) is 0 Å². The van der Waals surface area contributed by atoms with E-state index in [0.29, 0.717) is 13.1 Å². The third-order valence-corrected chi connectivity index (χ3v) is 2.39.